The molecule has 0 aliphatic heterocycles. The van der Waals surface area contributed by atoms with Crippen molar-refractivity contribution in [3.05, 3.63) is 0 Å². The summed E-state index contributed by atoms with van der Waals surface area (Å²) in [6.07, 6.45) is -1.91. The topological polar surface area (TPSA) is 0 Å². The Morgan fingerprint density at radius 1 is 0.833 bits per heavy atom. The molecule has 14 radical (unpaired) electrons. The Balaban J connectivity index is 3.85. The first-order valence-electron chi connectivity index (χ1n) is 3.67. The number of rotatable bonds is 5. The van der Waals surface area contributed by atoms with Gasteiger partial charge in [0.1, 0.15) is 0 Å². The second-order valence-corrected chi connectivity index (χ2v) is 2.69. The largest absolute Gasteiger partial charge is 0 e. The highest BCUT2D eigenvalue weighted by Gasteiger charge is 2.21. The van der Waals surface area contributed by atoms with Crippen LogP contribution in [0, 0.1) is 0 Å². The van der Waals surface area contributed by atoms with E-state index in [0.717, 1.165) is 0 Å². The van der Waals surface area contributed by atoms with E-state index in [2.05, 4.69) is 0 Å². The molecule has 0 fully saturated rings. The zero-order chi connectivity index (χ0) is 9.72. The predicted molar refractivity (Wildman–Crippen MR) is 69.0 cm³/mol. The average molecular weight is 130 g/mol. The lowest BCUT2D eigenvalue weighted by molar-refractivity contribution is 3.55. The second kappa shape index (κ2) is 6.27. The smallest absolute Gasteiger partial charge is 0 e. The van der Waals surface area contributed by atoms with Crippen molar-refractivity contribution in [3.63, 3.8) is 0 Å². The summed E-state index contributed by atoms with van der Waals surface area (Å²) >= 11 is 0. The van der Waals surface area contributed by atoms with E-state index in [1.807, 2.05) is 0 Å². The monoisotopic (exact) mass is 132 g/mol. The Morgan fingerprint density at radius 2 is 1.33 bits per heavy atom. The molecule has 0 saturated carbocycles. The highest BCUT2D eigenvalue weighted by atomic mass is 13.0. The molecular formula is B12. The summed E-state index contributed by atoms with van der Waals surface area (Å²) in [5.41, 5.74) is 0. The third-order valence-electron chi connectivity index (χ3n) is 1.56. The van der Waals surface area contributed by atoms with Crippen molar-refractivity contribution in [2.45, 2.75) is 0 Å². The Morgan fingerprint density at radius 3 is 1.58 bits per heavy atom. The van der Waals surface area contributed by atoms with E-state index in [-0.39, 0.29) is 6.39 Å². The highest BCUT2D eigenvalue weighted by molar-refractivity contribution is 7.96. The number of hydrogen-bond donors (Lipinski definition) is 0. The van der Waals surface area contributed by atoms with Gasteiger partial charge in [-0.3, -0.25) is 0 Å². The fourth-order valence-electron chi connectivity index (χ4n) is 0.706. The van der Waals surface area contributed by atoms with Crippen molar-refractivity contribution < 1.29 is 0 Å². The quantitative estimate of drug-likeness (QED) is 0.328. The molecule has 0 aliphatic rings. The molecule has 0 amide bonds. The van der Waals surface area contributed by atoms with Gasteiger partial charge in [0.2, 0.25) is 0 Å². The van der Waals surface area contributed by atoms with Gasteiger partial charge < -0.3 is 0 Å². The van der Waals surface area contributed by atoms with Gasteiger partial charge in [-0.15, -0.1) is 0 Å². The van der Waals surface area contributed by atoms with Gasteiger partial charge in [0.05, 0.1) is 0 Å². The molecule has 0 rings (SSSR count). The maximum Gasteiger partial charge on any atom is 0 e. The lowest BCUT2D eigenvalue weighted by Crippen LogP contribution is -2.58. The minimum atomic E-state index is -0.619. The first kappa shape index (κ1) is 12.8. The molecule has 0 unspecified atom stereocenters. The van der Waals surface area contributed by atoms with Crippen LogP contribution in [0.25, 0.3) is 0 Å². The Bertz CT molecular complexity index is 103. The maximum absolute atomic E-state index is 5.54. The lowest BCUT2D eigenvalue weighted by Gasteiger charge is -2.20. The first-order valence-corrected chi connectivity index (χ1v) is 3.67. The van der Waals surface area contributed by atoms with E-state index < -0.39 is 19.2 Å². The van der Waals surface area contributed by atoms with E-state index in [0.29, 0.717) is 0 Å². The van der Waals surface area contributed by atoms with Gasteiger partial charge in [-0.05, 0) is 0 Å². The lowest BCUT2D eigenvalue weighted by atomic mass is 8.61. The molecule has 0 N–H and O–H groups in total. The van der Waals surface area contributed by atoms with Crippen LogP contribution in [-0.4, -0.2) is 86.1 Å². The van der Waals surface area contributed by atoms with Crippen molar-refractivity contribution in [2.75, 3.05) is 0 Å². The molecular weight excluding hydrogens is 130 g/mol. The minimum absolute atomic E-state index is 0.269. The van der Waals surface area contributed by atoms with Crippen molar-refractivity contribution >= 4 is 86.1 Å². The van der Waals surface area contributed by atoms with Gasteiger partial charge in [0.15, 0.2) is 0 Å². The molecule has 0 saturated heterocycles. The Hall–Kier alpha value is 0.779. The third kappa shape index (κ3) is 4.72. The summed E-state index contributed by atoms with van der Waals surface area (Å²) in [5.74, 6) is 0. The molecule has 0 heterocycles. The van der Waals surface area contributed by atoms with E-state index >= 15 is 0 Å². The van der Waals surface area contributed by atoms with Crippen LogP contribution in [0.1, 0.15) is 0 Å². The fraction of sp³-hybridized carbons (Fsp3) is 0. The number of hydrogen-bond acceptors (Lipinski definition) is 0. The van der Waals surface area contributed by atoms with Gasteiger partial charge in [-0.25, -0.2) is 0 Å². The van der Waals surface area contributed by atoms with Crippen LogP contribution < -0.4 is 0 Å². The van der Waals surface area contributed by atoms with Gasteiger partial charge in [-0.2, -0.15) is 0 Å². The summed E-state index contributed by atoms with van der Waals surface area (Å²) in [5, 5.41) is 0. The van der Waals surface area contributed by atoms with Crippen molar-refractivity contribution in [3.8, 4) is 0 Å². The van der Waals surface area contributed by atoms with Crippen LogP contribution in [0.2, 0.25) is 0 Å². The molecule has 0 aliphatic carbocycles. The standard InChI is InChI=1S/B12/c1-7-12(10(4)5)8-11(6)9(2)3. The van der Waals surface area contributed by atoms with Crippen LogP contribution in [-0.2, 0) is 0 Å². The Labute approximate surface area is 86.4 Å². The fourth-order valence-corrected chi connectivity index (χ4v) is 0.706. The zero-order valence-corrected chi connectivity index (χ0v) is 6.93. The summed E-state index contributed by atoms with van der Waals surface area (Å²) in [4.78, 5) is 0. The van der Waals surface area contributed by atoms with Crippen molar-refractivity contribution in [1.82, 2.24) is 0 Å². The van der Waals surface area contributed by atoms with Crippen LogP contribution in [0.4, 0.5) is 0 Å². The van der Waals surface area contributed by atoms with Crippen LogP contribution in [0.15, 0.2) is 0 Å². The van der Waals surface area contributed by atoms with E-state index in [4.69, 9.17) is 46.4 Å². The summed E-state index contributed by atoms with van der Waals surface area (Å²) < 4.78 is 0. The molecule has 0 atom stereocenters. The Kier molecular flexibility index (Phi) is 6.67. The van der Waals surface area contributed by atoms with E-state index in [1.54, 1.807) is 7.06 Å². The molecule has 0 spiro atoms. The molecule has 0 bridgehead atoms. The minimum Gasteiger partial charge on any atom is 0 e. The molecule has 12 heteroatoms. The maximum atomic E-state index is 5.54. The van der Waals surface area contributed by atoms with Crippen LogP contribution in [0.5, 0.6) is 0 Å². The molecule has 0 aromatic carbocycles. The van der Waals surface area contributed by atoms with Gasteiger partial charge in [0.25, 0.3) is 0 Å². The van der Waals surface area contributed by atoms with Gasteiger partial charge in [0, 0.05) is 86.1 Å². The predicted octanol–water partition coefficient (Wildman–Crippen LogP) is -4.57. The normalized spacial score (nSPS) is 8.33. The molecule has 0 aromatic heterocycles. The first-order chi connectivity index (χ1) is 5.49. The average Bonchev–Trinajstić information content (AvgIpc) is 1.98. The second-order valence-electron chi connectivity index (χ2n) is 2.69. The molecule has 36 valence electrons. The molecule has 0 nitrogen and oxygen atoms in total. The van der Waals surface area contributed by atoms with Crippen molar-refractivity contribution in [1.29, 1.82) is 0 Å². The highest BCUT2D eigenvalue weighted by Crippen LogP contribution is 1.83. The van der Waals surface area contributed by atoms with Gasteiger partial charge in [-0.1, -0.05) is 0 Å². The van der Waals surface area contributed by atoms with E-state index in [1.165, 1.54) is 7.06 Å². The van der Waals surface area contributed by atoms with Crippen molar-refractivity contribution in [2.24, 2.45) is 0 Å². The van der Waals surface area contributed by atoms with E-state index in [9.17, 15) is 0 Å². The SMILES string of the molecule is [B][B]B([B]B([B])B([B])[B])B([B])[B]. The molecule has 12 heavy (non-hydrogen) atoms. The van der Waals surface area contributed by atoms with Gasteiger partial charge >= 0.3 is 0 Å². The zero-order valence-electron chi connectivity index (χ0n) is 6.93. The third-order valence-corrected chi connectivity index (χ3v) is 1.56. The molecule has 0 aromatic rings. The van der Waals surface area contributed by atoms with Crippen LogP contribution in [0.3, 0.4) is 0 Å². The summed E-state index contributed by atoms with van der Waals surface area (Å²) in [6.45, 7) is 0. The van der Waals surface area contributed by atoms with Crippen LogP contribution >= 0.6 is 0 Å². The summed E-state index contributed by atoms with van der Waals surface area (Å²) in [6, 6.07) is 0. The summed E-state index contributed by atoms with van der Waals surface area (Å²) in [7, 11) is 35.2.